The van der Waals surface area contributed by atoms with Gasteiger partial charge in [0.15, 0.2) is 5.78 Å². The topological polar surface area (TPSA) is 52.6 Å². The summed E-state index contributed by atoms with van der Waals surface area (Å²) in [5.74, 6) is -0.0551. The molecule has 1 N–H and O–H groups in total. The summed E-state index contributed by atoms with van der Waals surface area (Å²) in [7, 11) is 2.10. The van der Waals surface area contributed by atoms with Crippen LogP contribution >= 0.6 is 11.3 Å². The number of likely N-dealkylation sites (N-methyl/N-ethyl adjacent to an activating group) is 1. The monoisotopic (exact) mass is 343 g/mol. The van der Waals surface area contributed by atoms with Crippen LogP contribution in [0, 0.1) is 0 Å². The van der Waals surface area contributed by atoms with Crippen LogP contribution < -0.4 is 5.32 Å². The van der Waals surface area contributed by atoms with E-state index in [0.29, 0.717) is 22.7 Å². The second-order valence-corrected chi connectivity index (χ2v) is 6.96. The molecule has 2 aromatic rings. The Morgan fingerprint density at radius 2 is 1.92 bits per heavy atom. The number of nitrogens with one attached hydrogen (secondary N) is 1. The summed E-state index contributed by atoms with van der Waals surface area (Å²) in [5.41, 5.74) is 1.29. The van der Waals surface area contributed by atoms with Gasteiger partial charge in [0.05, 0.1) is 11.4 Å². The van der Waals surface area contributed by atoms with Crippen molar-refractivity contribution in [3.05, 3.63) is 52.2 Å². The number of hydrogen-bond acceptors (Lipinski definition) is 5. The highest BCUT2D eigenvalue weighted by molar-refractivity contribution is 7.12. The first-order valence-electron chi connectivity index (χ1n) is 8.01. The van der Waals surface area contributed by atoms with Crippen molar-refractivity contribution in [2.45, 2.75) is 0 Å². The number of nitrogens with zero attached hydrogens (tertiary/aromatic N) is 2. The smallest absolute Gasteiger partial charge is 0.265 e. The number of Topliss-reactive ketones (excluding diaryl/α,β-unsaturated/α-hetero) is 1. The molecule has 1 aliphatic rings. The number of ketones is 1. The zero-order valence-electron chi connectivity index (χ0n) is 13.7. The number of hydrogen-bond donors (Lipinski definition) is 1. The predicted octanol–water partition coefficient (Wildman–Crippen LogP) is 2.43. The number of thiophene rings is 1. The molecule has 0 atom stereocenters. The quantitative estimate of drug-likeness (QED) is 0.847. The number of amides is 1. The van der Waals surface area contributed by atoms with Crippen molar-refractivity contribution in [2.24, 2.45) is 0 Å². The molecular weight excluding hydrogens is 322 g/mol. The van der Waals surface area contributed by atoms with Gasteiger partial charge in [-0.3, -0.25) is 14.5 Å². The zero-order chi connectivity index (χ0) is 16.9. The van der Waals surface area contributed by atoms with E-state index >= 15 is 0 Å². The molecular formula is C18H21N3O2S. The van der Waals surface area contributed by atoms with Crippen molar-refractivity contribution in [1.82, 2.24) is 9.80 Å². The van der Waals surface area contributed by atoms with Crippen LogP contribution in [0.3, 0.4) is 0 Å². The van der Waals surface area contributed by atoms with Gasteiger partial charge < -0.3 is 10.2 Å². The van der Waals surface area contributed by atoms with E-state index in [9.17, 15) is 9.59 Å². The Labute approximate surface area is 145 Å². The van der Waals surface area contributed by atoms with Gasteiger partial charge in [0.25, 0.3) is 5.91 Å². The lowest BCUT2D eigenvalue weighted by Gasteiger charge is -2.31. The van der Waals surface area contributed by atoms with Gasteiger partial charge in [-0.25, -0.2) is 0 Å². The van der Waals surface area contributed by atoms with Gasteiger partial charge in [-0.1, -0.05) is 18.2 Å². The van der Waals surface area contributed by atoms with Gasteiger partial charge in [-0.2, -0.15) is 0 Å². The normalized spacial score (nSPS) is 16.0. The molecule has 0 spiro atoms. The van der Waals surface area contributed by atoms with E-state index in [1.54, 1.807) is 30.3 Å². The van der Waals surface area contributed by atoms with E-state index < -0.39 is 0 Å². The minimum absolute atomic E-state index is 0.0896. The van der Waals surface area contributed by atoms with Gasteiger partial charge in [-0.05, 0) is 30.6 Å². The molecule has 5 nitrogen and oxygen atoms in total. The Morgan fingerprint density at radius 3 is 2.62 bits per heavy atom. The summed E-state index contributed by atoms with van der Waals surface area (Å²) in [4.78, 5) is 29.7. The Bertz CT molecular complexity index is 707. The Kier molecular flexibility index (Phi) is 5.40. The molecule has 2 heterocycles. The number of rotatable bonds is 5. The second kappa shape index (κ2) is 7.70. The van der Waals surface area contributed by atoms with Gasteiger partial charge in [-0.15, -0.1) is 11.3 Å². The van der Waals surface area contributed by atoms with Crippen molar-refractivity contribution in [1.29, 1.82) is 0 Å². The van der Waals surface area contributed by atoms with Crippen LogP contribution in [0.2, 0.25) is 0 Å². The predicted molar refractivity (Wildman–Crippen MR) is 97.0 cm³/mol. The van der Waals surface area contributed by atoms with E-state index in [4.69, 9.17) is 0 Å². The van der Waals surface area contributed by atoms with Crippen LogP contribution in [0.25, 0.3) is 0 Å². The maximum atomic E-state index is 12.5. The number of anilines is 1. The van der Waals surface area contributed by atoms with Crippen LogP contribution in [-0.4, -0.2) is 61.3 Å². The minimum Gasteiger partial charge on any atom is -0.321 e. The van der Waals surface area contributed by atoms with Crippen molar-refractivity contribution < 1.29 is 9.59 Å². The summed E-state index contributed by atoms with van der Waals surface area (Å²) >= 11 is 1.39. The lowest BCUT2D eigenvalue weighted by atomic mass is 10.1. The van der Waals surface area contributed by atoms with Crippen LogP contribution in [0.15, 0.2) is 41.8 Å². The number of piperazine rings is 1. The molecule has 3 rings (SSSR count). The van der Waals surface area contributed by atoms with Crippen molar-refractivity contribution in [2.75, 3.05) is 45.1 Å². The van der Waals surface area contributed by atoms with Crippen molar-refractivity contribution in [3.63, 3.8) is 0 Å². The Balaban J connectivity index is 1.62. The molecule has 0 unspecified atom stereocenters. The molecule has 1 aromatic heterocycles. The maximum Gasteiger partial charge on any atom is 0.265 e. The first kappa shape index (κ1) is 16.8. The lowest BCUT2D eigenvalue weighted by molar-refractivity contribution is 0.0876. The molecule has 1 aromatic carbocycles. The molecule has 6 heteroatoms. The minimum atomic E-state index is -0.145. The molecule has 24 heavy (non-hydrogen) atoms. The highest BCUT2D eigenvalue weighted by Gasteiger charge is 2.17. The molecule has 1 amide bonds. The third-order valence-electron chi connectivity index (χ3n) is 4.15. The van der Waals surface area contributed by atoms with Crippen LogP contribution in [0.1, 0.15) is 20.0 Å². The molecule has 1 aliphatic heterocycles. The first-order valence-corrected chi connectivity index (χ1v) is 8.89. The Hall–Kier alpha value is -2.02. The summed E-state index contributed by atoms with van der Waals surface area (Å²) < 4.78 is 0. The van der Waals surface area contributed by atoms with Crippen molar-refractivity contribution in [3.8, 4) is 0 Å². The largest absolute Gasteiger partial charge is 0.321 e. The SMILES string of the molecule is CN1CCN(CC(=O)c2cccc(NC(=O)c3cccs3)c2)CC1. The van der Waals surface area contributed by atoms with Gasteiger partial charge in [0.2, 0.25) is 0 Å². The summed E-state index contributed by atoms with van der Waals surface area (Å²) in [6, 6.07) is 10.8. The van der Waals surface area contributed by atoms with Gasteiger partial charge in [0.1, 0.15) is 0 Å². The first-order chi connectivity index (χ1) is 11.6. The molecule has 0 aliphatic carbocycles. The third kappa shape index (κ3) is 4.29. The summed E-state index contributed by atoms with van der Waals surface area (Å²) in [5, 5.41) is 4.71. The highest BCUT2D eigenvalue weighted by atomic mass is 32.1. The van der Waals surface area contributed by atoms with E-state index in [2.05, 4.69) is 22.2 Å². The molecule has 0 saturated carbocycles. The van der Waals surface area contributed by atoms with E-state index in [0.717, 1.165) is 26.2 Å². The fourth-order valence-electron chi connectivity index (χ4n) is 2.67. The molecule has 126 valence electrons. The fraction of sp³-hybridized carbons (Fsp3) is 0.333. The summed E-state index contributed by atoms with van der Waals surface area (Å²) in [6.45, 7) is 4.23. The molecule has 1 fully saturated rings. The standard InChI is InChI=1S/C18H21N3O2S/c1-20-7-9-21(10-8-20)13-16(22)14-4-2-5-15(12-14)19-18(23)17-6-3-11-24-17/h2-6,11-12H,7-10,13H2,1H3,(H,19,23). The van der Waals surface area contributed by atoms with Crippen LogP contribution in [-0.2, 0) is 0 Å². The third-order valence-corrected chi connectivity index (χ3v) is 5.02. The van der Waals surface area contributed by atoms with Crippen molar-refractivity contribution >= 4 is 28.7 Å². The fourth-order valence-corrected chi connectivity index (χ4v) is 3.29. The molecule has 0 radical (unpaired) electrons. The molecule has 0 bridgehead atoms. The average molecular weight is 343 g/mol. The number of carbonyl (C=O) groups excluding carboxylic acids is 2. The van der Waals surface area contributed by atoms with E-state index in [-0.39, 0.29) is 11.7 Å². The van der Waals surface area contributed by atoms with Gasteiger partial charge >= 0.3 is 0 Å². The Morgan fingerprint density at radius 1 is 1.12 bits per heavy atom. The zero-order valence-corrected chi connectivity index (χ0v) is 14.5. The second-order valence-electron chi connectivity index (χ2n) is 6.01. The molecule has 1 saturated heterocycles. The van der Waals surface area contributed by atoms with E-state index in [1.165, 1.54) is 11.3 Å². The van der Waals surface area contributed by atoms with Crippen LogP contribution in [0.4, 0.5) is 5.69 Å². The van der Waals surface area contributed by atoms with Crippen LogP contribution in [0.5, 0.6) is 0 Å². The lowest BCUT2D eigenvalue weighted by Crippen LogP contribution is -2.46. The maximum absolute atomic E-state index is 12.5. The highest BCUT2D eigenvalue weighted by Crippen LogP contribution is 2.15. The average Bonchev–Trinajstić information content (AvgIpc) is 3.12. The van der Waals surface area contributed by atoms with Gasteiger partial charge in [0, 0.05) is 37.4 Å². The summed E-state index contributed by atoms with van der Waals surface area (Å²) in [6.07, 6.45) is 0. The number of benzene rings is 1. The van der Waals surface area contributed by atoms with E-state index in [1.807, 2.05) is 11.4 Å². The number of carbonyl (C=O) groups is 2.